The molecule has 0 saturated heterocycles. The van der Waals surface area contributed by atoms with Gasteiger partial charge >= 0.3 is 0 Å². The largest absolute Gasteiger partial charge is 0.386 e. The smallest absolute Gasteiger partial charge is 0.270 e. The molecule has 0 atom stereocenters. The van der Waals surface area contributed by atoms with Gasteiger partial charge in [-0.2, -0.15) is 5.10 Å². The summed E-state index contributed by atoms with van der Waals surface area (Å²) < 4.78 is 16.0. The molecule has 4 aromatic rings. The zero-order chi connectivity index (χ0) is 24.7. The first-order valence-electron chi connectivity index (χ1n) is 11.4. The minimum Gasteiger partial charge on any atom is -0.386 e. The van der Waals surface area contributed by atoms with E-state index in [0.717, 1.165) is 6.42 Å². The third kappa shape index (κ3) is 3.80. The fourth-order valence-corrected chi connectivity index (χ4v) is 4.15. The van der Waals surface area contributed by atoms with E-state index in [0.29, 0.717) is 46.1 Å². The van der Waals surface area contributed by atoms with Gasteiger partial charge in [-0.15, -0.1) is 0 Å². The number of fused-ring (bicyclic) bond motifs is 2. The number of nitrogens with zero attached hydrogens (tertiary/aromatic N) is 6. The highest BCUT2D eigenvalue weighted by atomic mass is 19.1. The van der Waals surface area contributed by atoms with Crippen LogP contribution in [0.4, 0.5) is 10.2 Å². The Kier molecular flexibility index (Phi) is 5.50. The zero-order valence-electron chi connectivity index (χ0n) is 19.7. The molecular weight excluding hydrogens is 447 g/mol. The Morgan fingerprint density at radius 3 is 2.74 bits per heavy atom. The Morgan fingerprint density at radius 1 is 1.17 bits per heavy atom. The number of nitrogens with two attached hydrogens (primary N) is 1. The van der Waals surface area contributed by atoms with Gasteiger partial charge in [-0.1, -0.05) is 25.1 Å². The molecule has 0 fully saturated rings. The molecule has 9 nitrogen and oxygen atoms in total. The highest BCUT2D eigenvalue weighted by Gasteiger charge is 2.40. The van der Waals surface area contributed by atoms with Gasteiger partial charge in [0, 0.05) is 23.9 Å². The van der Waals surface area contributed by atoms with Crippen molar-refractivity contribution in [2.45, 2.75) is 39.2 Å². The number of benzene rings is 1. The standard InChI is InChI=1S/C25H25FN8O/c1-4-11-29-23(35)19-17-20(32-24(27)25(17,2)3)31-21(30-19)18-15-9-7-12-28-22(15)34(33-18)13-14-8-5-6-10-16(14)26/h5-10,12H,4,11,13H2,1-3H3,(H,29,35)(H2,27,30,31,32). The number of halogens is 1. The normalized spacial score (nSPS) is 14.1. The molecule has 3 aromatic heterocycles. The lowest BCUT2D eigenvalue weighted by atomic mass is 9.84. The molecule has 3 N–H and O–H groups in total. The van der Waals surface area contributed by atoms with Crippen LogP contribution in [0.3, 0.4) is 0 Å². The Morgan fingerprint density at radius 2 is 1.97 bits per heavy atom. The van der Waals surface area contributed by atoms with Crippen LogP contribution in [0.25, 0.3) is 22.6 Å². The Hall–Kier alpha value is -4.21. The van der Waals surface area contributed by atoms with Gasteiger partial charge in [-0.25, -0.2) is 29.0 Å². The van der Waals surface area contributed by atoms with E-state index < -0.39 is 5.41 Å². The number of carbonyl (C=O) groups excluding carboxylic acids is 1. The van der Waals surface area contributed by atoms with E-state index in [-0.39, 0.29) is 29.8 Å². The van der Waals surface area contributed by atoms with Crippen LogP contribution in [0.5, 0.6) is 0 Å². The lowest BCUT2D eigenvalue weighted by molar-refractivity contribution is 0.0947. The van der Waals surface area contributed by atoms with Gasteiger partial charge in [0.25, 0.3) is 5.91 Å². The van der Waals surface area contributed by atoms with Crippen molar-refractivity contribution < 1.29 is 9.18 Å². The van der Waals surface area contributed by atoms with E-state index in [1.165, 1.54) is 6.07 Å². The van der Waals surface area contributed by atoms with Gasteiger partial charge in [0.1, 0.15) is 23.0 Å². The second-order valence-electron chi connectivity index (χ2n) is 8.94. The molecule has 1 aromatic carbocycles. The Bertz CT molecular complexity index is 1490. The van der Waals surface area contributed by atoms with Crippen LogP contribution in [-0.4, -0.2) is 43.0 Å². The van der Waals surface area contributed by atoms with Gasteiger partial charge in [0.15, 0.2) is 17.3 Å². The first-order valence-corrected chi connectivity index (χ1v) is 11.4. The quantitative estimate of drug-likeness (QED) is 0.443. The lowest BCUT2D eigenvalue weighted by Gasteiger charge is -2.21. The van der Waals surface area contributed by atoms with Crippen molar-refractivity contribution in [3.8, 4) is 11.5 Å². The molecule has 1 aliphatic rings. The van der Waals surface area contributed by atoms with Crippen molar-refractivity contribution in [1.29, 1.82) is 0 Å². The van der Waals surface area contributed by atoms with Crippen molar-refractivity contribution in [1.82, 2.24) is 30.0 Å². The predicted octanol–water partition coefficient (Wildman–Crippen LogP) is 3.50. The SMILES string of the molecule is CCCNC(=O)c1nc(-c2nn(Cc3ccccc3F)c3ncccc23)nc2c1C(C)(C)C(N)=N2. The third-order valence-electron chi connectivity index (χ3n) is 6.13. The van der Waals surface area contributed by atoms with Crippen molar-refractivity contribution in [3.63, 3.8) is 0 Å². The van der Waals surface area contributed by atoms with Crippen molar-refractivity contribution in [2.75, 3.05) is 6.54 Å². The summed E-state index contributed by atoms with van der Waals surface area (Å²) in [5, 5.41) is 8.26. The fraction of sp³-hybridized carbons (Fsp3) is 0.280. The molecule has 5 rings (SSSR count). The number of amides is 1. The minimum atomic E-state index is -0.694. The number of hydrogen-bond donors (Lipinski definition) is 2. The molecular formula is C25H25FN8O. The van der Waals surface area contributed by atoms with Crippen molar-refractivity contribution in [3.05, 3.63) is 65.2 Å². The average molecular weight is 473 g/mol. The summed E-state index contributed by atoms with van der Waals surface area (Å²) >= 11 is 0. The highest BCUT2D eigenvalue weighted by molar-refractivity contribution is 6.04. The molecule has 178 valence electrons. The van der Waals surface area contributed by atoms with Crippen LogP contribution in [0, 0.1) is 5.82 Å². The summed E-state index contributed by atoms with van der Waals surface area (Å²) in [4.78, 5) is 31.3. The Labute approximate surface area is 201 Å². The summed E-state index contributed by atoms with van der Waals surface area (Å²) in [6, 6.07) is 10.1. The van der Waals surface area contributed by atoms with E-state index >= 15 is 0 Å². The first kappa shape index (κ1) is 22.6. The van der Waals surface area contributed by atoms with Crippen LogP contribution in [-0.2, 0) is 12.0 Å². The molecule has 35 heavy (non-hydrogen) atoms. The number of aromatic nitrogens is 5. The van der Waals surface area contributed by atoms with E-state index in [4.69, 9.17) is 10.8 Å². The van der Waals surface area contributed by atoms with Crippen LogP contribution < -0.4 is 11.1 Å². The number of carbonyl (C=O) groups is 1. The van der Waals surface area contributed by atoms with Crippen LogP contribution in [0.15, 0.2) is 47.6 Å². The van der Waals surface area contributed by atoms with Gasteiger partial charge in [0.05, 0.1) is 17.3 Å². The number of amidine groups is 1. The van der Waals surface area contributed by atoms with Crippen molar-refractivity contribution in [2.24, 2.45) is 10.7 Å². The number of aliphatic imine (C=N–C) groups is 1. The maximum Gasteiger partial charge on any atom is 0.270 e. The summed E-state index contributed by atoms with van der Waals surface area (Å²) in [5.41, 5.74) is 7.76. The highest BCUT2D eigenvalue weighted by Crippen LogP contribution is 2.40. The van der Waals surface area contributed by atoms with E-state index in [1.807, 2.05) is 26.8 Å². The summed E-state index contributed by atoms with van der Waals surface area (Å²) in [7, 11) is 0. The third-order valence-corrected chi connectivity index (χ3v) is 6.13. The summed E-state index contributed by atoms with van der Waals surface area (Å²) in [6.45, 7) is 6.43. The molecule has 0 aliphatic carbocycles. The zero-order valence-corrected chi connectivity index (χ0v) is 19.7. The molecule has 0 unspecified atom stereocenters. The molecule has 10 heteroatoms. The van der Waals surface area contributed by atoms with Crippen molar-refractivity contribution >= 4 is 28.6 Å². The summed E-state index contributed by atoms with van der Waals surface area (Å²) in [5.74, 6) is 0.284. The van der Waals surface area contributed by atoms with Gasteiger partial charge in [-0.05, 0) is 38.5 Å². The minimum absolute atomic E-state index is 0.174. The maximum atomic E-state index is 14.4. The number of nitrogens with one attached hydrogen (secondary N) is 1. The van der Waals surface area contributed by atoms with Crippen LogP contribution in [0.2, 0.25) is 0 Å². The molecule has 0 spiro atoms. The lowest BCUT2D eigenvalue weighted by Crippen LogP contribution is -2.36. The topological polar surface area (TPSA) is 124 Å². The first-order chi connectivity index (χ1) is 16.8. The number of rotatable bonds is 6. The van der Waals surface area contributed by atoms with Gasteiger partial charge < -0.3 is 11.1 Å². The summed E-state index contributed by atoms with van der Waals surface area (Å²) in [6.07, 6.45) is 2.43. The van der Waals surface area contributed by atoms with E-state index in [2.05, 4.69) is 25.3 Å². The number of pyridine rings is 1. The van der Waals surface area contributed by atoms with Gasteiger partial charge in [0.2, 0.25) is 0 Å². The molecule has 0 radical (unpaired) electrons. The predicted molar refractivity (Wildman–Crippen MR) is 131 cm³/mol. The number of hydrogen-bond acceptors (Lipinski definition) is 7. The van der Waals surface area contributed by atoms with E-state index in [9.17, 15) is 9.18 Å². The second kappa shape index (κ2) is 8.53. The average Bonchev–Trinajstić information content (AvgIpc) is 3.32. The van der Waals surface area contributed by atoms with Crippen LogP contribution in [0.1, 0.15) is 48.8 Å². The van der Waals surface area contributed by atoms with Crippen LogP contribution >= 0.6 is 0 Å². The van der Waals surface area contributed by atoms with E-state index in [1.54, 1.807) is 35.1 Å². The molecule has 4 heterocycles. The van der Waals surface area contributed by atoms with Gasteiger partial charge in [-0.3, -0.25) is 4.79 Å². The maximum absolute atomic E-state index is 14.4. The molecule has 0 saturated carbocycles. The fourth-order valence-electron chi connectivity index (χ4n) is 4.15. The Balaban J connectivity index is 1.68. The molecule has 1 aliphatic heterocycles. The monoisotopic (exact) mass is 472 g/mol. The second-order valence-corrected chi connectivity index (χ2v) is 8.94. The molecule has 1 amide bonds. The molecule has 0 bridgehead atoms.